The molecule has 1 N–H and O–H groups in total. The maximum atomic E-state index is 14.3. The molecule has 0 saturated heterocycles. The van der Waals surface area contributed by atoms with Gasteiger partial charge in [0.15, 0.2) is 0 Å². The first-order chi connectivity index (χ1) is 16.5. The van der Waals surface area contributed by atoms with Crippen molar-refractivity contribution in [2.75, 3.05) is 11.9 Å². The summed E-state index contributed by atoms with van der Waals surface area (Å²) in [5.41, 5.74) is 0.420. The Bertz CT molecular complexity index is 1310. The molecule has 0 radical (unpaired) electrons. The molecule has 0 saturated carbocycles. The minimum Gasteiger partial charge on any atom is -0.334 e. The molecule has 4 nitrogen and oxygen atoms in total. The number of benzene rings is 3. The Labute approximate surface area is 208 Å². The van der Waals surface area contributed by atoms with Gasteiger partial charge in [0.25, 0.3) is 5.91 Å². The Morgan fingerprint density at radius 1 is 1.03 bits per heavy atom. The van der Waals surface area contributed by atoms with Gasteiger partial charge in [-0.25, -0.2) is 4.39 Å². The predicted molar refractivity (Wildman–Crippen MR) is 125 cm³/mol. The van der Waals surface area contributed by atoms with Gasteiger partial charge in [-0.2, -0.15) is 13.2 Å². The van der Waals surface area contributed by atoms with Gasteiger partial charge in [0, 0.05) is 23.7 Å². The summed E-state index contributed by atoms with van der Waals surface area (Å²) in [6, 6.07) is 12.7. The number of nitrogens with zero attached hydrogens (tertiary/aromatic N) is 1. The molecule has 182 valence electrons. The smallest absolute Gasteiger partial charge is 0.334 e. The van der Waals surface area contributed by atoms with Gasteiger partial charge in [-0.1, -0.05) is 47.5 Å². The van der Waals surface area contributed by atoms with Crippen molar-refractivity contribution in [1.82, 2.24) is 4.90 Å². The fourth-order valence-electron chi connectivity index (χ4n) is 4.03. The zero-order valence-corrected chi connectivity index (χ0v) is 19.6. The van der Waals surface area contributed by atoms with Crippen LogP contribution in [0.1, 0.15) is 32.6 Å². The van der Waals surface area contributed by atoms with Crippen LogP contribution in [0.25, 0.3) is 0 Å². The van der Waals surface area contributed by atoms with E-state index < -0.39 is 29.9 Å². The van der Waals surface area contributed by atoms with Crippen LogP contribution in [0.2, 0.25) is 10.0 Å². The SMILES string of the molecule is O=C(Cc1cccc(C(F)(F)F)c1F)Nc1c(Cl)ccc2c1CCN(C(=O)c1cccc(Cl)c1)C2. The van der Waals surface area contributed by atoms with E-state index in [0.717, 1.165) is 17.7 Å². The average Bonchev–Trinajstić information content (AvgIpc) is 2.80. The average molecular weight is 525 g/mol. The molecule has 10 heteroatoms. The van der Waals surface area contributed by atoms with E-state index in [0.29, 0.717) is 40.9 Å². The van der Waals surface area contributed by atoms with Gasteiger partial charge in [0.05, 0.1) is 22.7 Å². The molecule has 0 bridgehead atoms. The number of fused-ring (bicyclic) bond motifs is 1. The zero-order valence-electron chi connectivity index (χ0n) is 18.1. The number of carbonyl (C=O) groups excluding carboxylic acids is 2. The van der Waals surface area contributed by atoms with Crippen LogP contribution >= 0.6 is 23.2 Å². The van der Waals surface area contributed by atoms with Crippen molar-refractivity contribution in [2.24, 2.45) is 0 Å². The maximum Gasteiger partial charge on any atom is 0.419 e. The molecule has 0 atom stereocenters. The Morgan fingerprint density at radius 2 is 1.77 bits per heavy atom. The maximum absolute atomic E-state index is 14.3. The quantitative estimate of drug-likeness (QED) is 0.394. The molecule has 2 amide bonds. The molecule has 0 unspecified atom stereocenters. The molecule has 0 aliphatic carbocycles. The molecule has 0 aromatic heterocycles. The van der Waals surface area contributed by atoms with Gasteiger partial charge in [0.2, 0.25) is 5.91 Å². The minimum atomic E-state index is -4.87. The third kappa shape index (κ3) is 5.44. The van der Waals surface area contributed by atoms with Crippen LogP contribution in [0.3, 0.4) is 0 Å². The van der Waals surface area contributed by atoms with E-state index in [-0.39, 0.29) is 23.0 Å². The van der Waals surface area contributed by atoms with Crippen molar-refractivity contribution < 1.29 is 27.2 Å². The van der Waals surface area contributed by atoms with Gasteiger partial charge < -0.3 is 10.2 Å². The lowest BCUT2D eigenvalue weighted by Gasteiger charge is -2.30. The summed E-state index contributed by atoms with van der Waals surface area (Å²) in [4.78, 5) is 27.2. The number of nitrogens with one attached hydrogen (secondary N) is 1. The Hall–Kier alpha value is -3.10. The molecule has 3 aromatic carbocycles. The van der Waals surface area contributed by atoms with E-state index in [1.807, 2.05) is 0 Å². The van der Waals surface area contributed by atoms with Crippen molar-refractivity contribution in [3.8, 4) is 0 Å². The second-order valence-electron chi connectivity index (χ2n) is 8.05. The van der Waals surface area contributed by atoms with Crippen molar-refractivity contribution in [3.05, 3.63) is 98.3 Å². The van der Waals surface area contributed by atoms with E-state index >= 15 is 0 Å². The highest BCUT2D eigenvalue weighted by molar-refractivity contribution is 6.34. The predicted octanol–water partition coefficient (Wildman–Crippen LogP) is 6.53. The Morgan fingerprint density at radius 3 is 2.49 bits per heavy atom. The number of rotatable bonds is 4. The zero-order chi connectivity index (χ0) is 25.3. The van der Waals surface area contributed by atoms with E-state index in [2.05, 4.69) is 5.32 Å². The van der Waals surface area contributed by atoms with Gasteiger partial charge >= 0.3 is 6.18 Å². The molecule has 4 rings (SSSR count). The normalized spacial score (nSPS) is 13.4. The number of carbonyl (C=O) groups is 2. The fourth-order valence-corrected chi connectivity index (χ4v) is 4.45. The van der Waals surface area contributed by atoms with E-state index in [1.54, 1.807) is 41.3 Å². The van der Waals surface area contributed by atoms with Crippen LogP contribution in [0.15, 0.2) is 54.6 Å². The molecule has 1 heterocycles. The highest BCUT2D eigenvalue weighted by Gasteiger charge is 2.35. The van der Waals surface area contributed by atoms with Crippen LogP contribution in [0, 0.1) is 5.82 Å². The van der Waals surface area contributed by atoms with Crippen molar-refractivity contribution in [2.45, 2.75) is 25.6 Å². The summed E-state index contributed by atoms with van der Waals surface area (Å²) in [5, 5.41) is 3.29. The summed E-state index contributed by atoms with van der Waals surface area (Å²) in [5.74, 6) is -2.39. The monoisotopic (exact) mass is 524 g/mol. The molecule has 35 heavy (non-hydrogen) atoms. The summed E-state index contributed by atoms with van der Waals surface area (Å²) >= 11 is 12.3. The highest BCUT2D eigenvalue weighted by atomic mass is 35.5. The summed E-state index contributed by atoms with van der Waals surface area (Å²) in [7, 11) is 0. The highest BCUT2D eigenvalue weighted by Crippen LogP contribution is 2.35. The molecule has 1 aliphatic rings. The largest absolute Gasteiger partial charge is 0.419 e. The Balaban J connectivity index is 1.53. The number of alkyl halides is 3. The molecule has 0 fully saturated rings. The minimum absolute atomic E-state index is 0.196. The summed E-state index contributed by atoms with van der Waals surface area (Å²) in [6.07, 6.45) is -5.09. The molecular weight excluding hydrogens is 507 g/mol. The number of hydrogen-bond acceptors (Lipinski definition) is 2. The van der Waals surface area contributed by atoms with Crippen molar-refractivity contribution >= 4 is 40.7 Å². The Kier molecular flexibility index (Phi) is 7.05. The van der Waals surface area contributed by atoms with Crippen LogP contribution in [-0.2, 0) is 30.4 Å². The lowest BCUT2D eigenvalue weighted by molar-refractivity contribution is -0.140. The van der Waals surface area contributed by atoms with Crippen molar-refractivity contribution in [3.63, 3.8) is 0 Å². The van der Waals surface area contributed by atoms with E-state index in [9.17, 15) is 27.2 Å². The van der Waals surface area contributed by atoms with Crippen molar-refractivity contribution in [1.29, 1.82) is 0 Å². The number of anilines is 1. The van der Waals surface area contributed by atoms with Gasteiger partial charge in [-0.15, -0.1) is 0 Å². The second kappa shape index (κ2) is 9.87. The third-order valence-electron chi connectivity index (χ3n) is 5.71. The van der Waals surface area contributed by atoms with Crippen LogP contribution < -0.4 is 5.32 Å². The molecule has 0 spiro atoms. The van der Waals surface area contributed by atoms with Crippen LogP contribution in [-0.4, -0.2) is 23.3 Å². The summed E-state index contributed by atoms with van der Waals surface area (Å²) in [6.45, 7) is 0.618. The third-order valence-corrected chi connectivity index (χ3v) is 6.26. The first kappa shape index (κ1) is 25.0. The first-order valence-electron chi connectivity index (χ1n) is 10.5. The number of hydrogen-bond donors (Lipinski definition) is 1. The standard InChI is InChI=1S/C25H18Cl2F4N2O2/c26-17-5-1-4-15(11-17)24(35)33-10-9-18-16(13-33)7-8-20(27)23(18)32-21(34)12-14-3-2-6-19(22(14)28)25(29,30)31/h1-8,11H,9-10,12-13H2,(H,32,34). The van der Waals surface area contributed by atoms with Gasteiger partial charge in [0.1, 0.15) is 5.82 Å². The van der Waals surface area contributed by atoms with E-state index in [1.165, 1.54) is 0 Å². The molecule has 3 aromatic rings. The number of amides is 2. The topological polar surface area (TPSA) is 49.4 Å². The number of halogens is 6. The van der Waals surface area contributed by atoms with Gasteiger partial charge in [-0.3, -0.25) is 9.59 Å². The van der Waals surface area contributed by atoms with Gasteiger partial charge in [-0.05, 0) is 53.4 Å². The molecular formula is C25H18Cl2F4N2O2. The fraction of sp³-hybridized carbons (Fsp3) is 0.200. The summed E-state index contributed by atoms with van der Waals surface area (Å²) < 4.78 is 53.3. The second-order valence-corrected chi connectivity index (χ2v) is 8.89. The lowest BCUT2D eigenvalue weighted by Crippen LogP contribution is -2.36. The van der Waals surface area contributed by atoms with Crippen LogP contribution in [0.4, 0.5) is 23.2 Å². The first-order valence-corrected chi connectivity index (χ1v) is 11.3. The van der Waals surface area contributed by atoms with Crippen LogP contribution in [0.5, 0.6) is 0 Å². The lowest BCUT2D eigenvalue weighted by atomic mass is 9.96. The molecule has 1 aliphatic heterocycles. The van der Waals surface area contributed by atoms with E-state index in [4.69, 9.17) is 23.2 Å².